The number of para-hydroxylation sites is 1. The quantitative estimate of drug-likeness (QED) is 0.905. The Morgan fingerprint density at radius 1 is 1.32 bits per heavy atom. The second-order valence-electron chi connectivity index (χ2n) is 5.76. The van der Waals surface area contributed by atoms with Gasteiger partial charge in [-0.25, -0.2) is 0 Å². The van der Waals surface area contributed by atoms with Crippen molar-refractivity contribution in [3.8, 4) is 0 Å². The van der Waals surface area contributed by atoms with E-state index in [1.165, 1.54) is 6.42 Å². The van der Waals surface area contributed by atoms with Gasteiger partial charge in [-0.05, 0) is 37.4 Å². The van der Waals surface area contributed by atoms with Gasteiger partial charge in [0.2, 0.25) is 5.91 Å². The third-order valence-electron chi connectivity index (χ3n) is 4.34. The van der Waals surface area contributed by atoms with Crippen molar-refractivity contribution >= 4 is 29.3 Å². The number of carbonyl (C=O) groups is 1. The number of benzene rings is 1. The molecule has 2 unspecified atom stereocenters. The molecule has 1 heterocycles. The molecule has 0 radical (unpaired) electrons. The number of nitrogens with one attached hydrogen (secondary N) is 1. The molecule has 1 saturated carbocycles. The molecule has 22 heavy (non-hydrogen) atoms. The zero-order valence-corrected chi connectivity index (χ0v) is 13.3. The van der Waals surface area contributed by atoms with Crippen molar-refractivity contribution in [2.45, 2.75) is 38.1 Å². The Labute approximate surface area is 136 Å². The van der Waals surface area contributed by atoms with Crippen LogP contribution in [0, 0.1) is 5.92 Å². The predicted molar refractivity (Wildman–Crippen MR) is 87.9 cm³/mol. The zero-order valence-electron chi connectivity index (χ0n) is 12.5. The highest BCUT2D eigenvalue weighted by Gasteiger charge is 2.25. The molecular weight excluding hydrogens is 302 g/mol. The van der Waals surface area contributed by atoms with Crippen LogP contribution >= 0.6 is 12.4 Å². The molecule has 1 aromatic carbocycles. The van der Waals surface area contributed by atoms with Gasteiger partial charge in [0.15, 0.2) is 5.58 Å². The average molecular weight is 324 g/mol. The van der Waals surface area contributed by atoms with E-state index in [0.717, 1.165) is 30.2 Å². The molecule has 0 aliphatic heterocycles. The summed E-state index contributed by atoms with van der Waals surface area (Å²) in [5.41, 5.74) is 7.22. The van der Waals surface area contributed by atoms with Crippen LogP contribution in [0.1, 0.15) is 31.4 Å². The molecule has 6 heteroatoms. The normalized spacial score (nSPS) is 21.3. The van der Waals surface area contributed by atoms with Crippen LogP contribution in [0.3, 0.4) is 0 Å². The highest BCUT2D eigenvalue weighted by atomic mass is 35.5. The Balaban J connectivity index is 0.00000176. The van der Waals surface area contributed by atoms with E-state index in [2.05, 4.69) is 10.5 Å². The monoisotopic (exact) mass is 323 g/mol. The van der Waals surface area contributed by atoms with E-state index in [4.69, 9.17) is 10.3 Å². The molecule has 3 rings (SSSR count). The highest BCUT2D eigenvalue weighted by molar-refractivity contribution is 5.86. The number of hydrogen-bond acceptors (Lipinski definition) is 4. The number of halogens is 1. The van der Waals surface area contributed by atoms with Crippen molar-refractivity contribution in [3.63, 3.8) is 0 Å². The number of amides is 1. The van der Waals surface area contributed by atoms with Gasteiger partial charge in [-0.15, -0.1) is 12.4 Å². The van der Waals surface area contributed by atoms with Gasteiger partial charge >= 0.3 is 0 Å². The zero-order chi connectivity index (χ0) is 14.7. The summed E-state index contributed by atoms with van der Waals surface area (Å²) in [5.74, 6) is 0.399. The average Bonchev–Trinajstić information content (AvgIpc) is 2.91. The van der Waals surface area contributed by atoms with Gasteiger partial charge in [0.05, 0.1) is 6.42 Å². The van der Waals surface area contributed by atoms with E-state index < -0.39 is 0 Å². The molecule has 0 bridgehead atoms. The fourth-order valence-corrected chi connectivity index (χ4v) is 3.16. The first kappa shape index (κ1) is 16.8. The molecule has 2 aromatic rings. The summed E-state index contributed by atoms with van der Waals surface area (Å²) in [6.07, 6.45) is 4.75. The maximum Gasteiger partial charge on any atom is 0.226 e. The van der Waals surface area contributed by atoms with Crippen molar-refractivity contribution in [1.29, 1.82) is 0 Å². The Bertz CT molecular complexity index is 629. The van der Waals surface area contributed by atoms with E-state index in [1.54, 1.807) is 0 Å². The van der Waals surface area contributed by atoms with E-state index in [1.807, 2.05) is 24.3 Å². The SMILES string of the molecule is Cl.NCC1CCCCC1NC(=O)Cc1noc2ccccc12. The minimum Gasteiger partial charge on any atom is -0.356 e. The maximum absolute atomic E-state index is 12.3. The molecule has 0 saturated heterocycles. The van der Waals surface area contributed by atoms with Gasteiger partial charge in [0, 0.05) is 11.4 Å². The second-order valence-corrected chi connectivity index (χ2v) is 5.76. The molecule has 3 N–H and O–H groups in total. The lowest BCUT2D eigenvalue weighted by Crippen LogP contribution is -2.45. The van der Waals surface area contributed by atoms with Gasteiger partial charge in [0.1, 0.15) is 5.69 Å². The number of nitrogens with zero attached hydrogens (tertiary/aromatic N) is 1. The van der Waals surface area contributed by atoms with Crippen molar-refractivity contribution in [1.82, 2.24) is 10.5 Å². The Hall–Kier alpha value is -1.59. The number of fused-ring (bicyclic) bond motifs is 1. The van der Waals surface area contributed by atoms with E-state index in [0.29, 0.717) is 18.2 Å². The van der Waals surface area contributed by atoms with Crippen LogP contribution in [0.2, 0.25) is 0 Å². The van der Waals surface area contributed by atoms with Crippen molar-refractivity contribution in [2.75, 3.05) is 6.54 Å². The lowest BCUT2D eigenvalue weighted by molar-refractivity contribution is -0.121. The number of aromatic nitrogens is 1. The number of nitrogens with two attached hydrogens (primary N) is 1. The van der Waals surface area contributed by atoms with E-state index >= 15 is 0 Å². The van der Waals surface area contributed by atoms with E-state index in [-0.39, 0.29) is 30.8 Å². The lowest BCUT2D eigenvalue weighted by Gasteiger charge is -2.31. The summed E-state index contributed by atoms with van der Waals surface area (Å²) in [7, 11) is 0. The van der Waals surface area contributed by atoms with Gasteiger partial charge in [0.25, 0.3) is 0 Å². The second kappa shape index (κ2) is 7.61. The molecular formula is C16H22ClN3O2. The summed E-state index contributed by atoms with van der Waals surface area (Å²) < 4.78 is 5.23. The topological polar surface area (TPSA) is 81.1 Å². The standard InChI is InChI=1S/C16H21N3O2.ClH/c17-10-11-5-1-3-7-13(11)18-16(20)9-14-12-6-2-4-8-15(12)21-19-14;/h2,4,6,8,11,13H,1,3,5,7,9-10,17H2,(H,18,20);1H. The highest BCUT2D eigenvalue weighted by Crippen LogP contribution is 2.24. The predicted octanol–water partition coefficient (Wildman–Crippen LogP) is 2.43. The minimum atomic E-state index is -0.000553. The molecule has 1 aliphatic rings. The van der Waals surface area contributed by atoms with Gasteiger partial charge in [-0.3, -0.25) is 4.79 Å². The van der Waals surface area contributed by atoms with Crippen LogP contribution in [0.25, 0.3) is 11.0 Å². The fourth-order valence-electron chi connectivity index (χ4n) is 3.16. The summed E-state index contributed by atoms with van der Waals surface area (Å²) >= 11 is 0. The third kappa shape index (κ3) is 3.59. The number of hydrogen-bond donors (Lipinski definition) is 2. The molecule has 1 fully saturated rings. The van der Waals surface area contributed by atoms with Crippen LogP contribution in [0.4, 0.5) is 0 Å². The largest absolute Gasteiger partial charge is 0.356 e. The summed E-state index contributed by atoms with van der Waals surface area (Å²) in [6.45, 7) is 0.637. The van der Waals surface area contributed by atoms with Crippen molar-refractivity contribution in [2.24, 2.45) is 11.7 Å². The van der Waals surface area contributed by atoms with Gasteiger partial charge < -0.3 is 15.6 Å². The van der Waals surface area contributed by atoms with Gasteiger partial charge in [-0.2, -0.15) is 0 Å². The molecule has 5 nitrogen and oxygen atoms in total. The van der Waals surface area contributed by atoms with E-state index in [9.17, 15) is 4.79 Å². The molecule has 1 aromatic heterocycles. The van der Waals surface area contributed by atoms with Crippen LogP contribution in [0.5, 0.6) is 0 Å². The first-order chi connectivity index (χ1) is 10.3. The van der Waals surface area contributed by atoms with Crippen LogP contribution < -0.4 is 11.1 Å². The molecule has 1 amide bonds. The fraction of sp³-hybridized carbons (Fsp3) is 0.500. The first-order valence-corrected chi connectivity index (χ1v) is 7.60. The smallest absolute Gasteiger partial charge is 0.226 e. The lowest BCUT2D eigenvalue weighted by atomic mass is 9.84. The van der Waals surface area contributed by atoms with Gasteiger partial charge in [-0.1, -0.05) is 30.1 Å². The Morgan fingerprint density at radius 2 is 2.09 bits per heavy atom. The van der Waals surface area contributed by atoms with Crippen molar-refractivity contribution < 1.29 is 9.32 Å². The molecule has 0 spiro atoms. The molecule has 2 atom stereocenters. The van der Waals surface area contributed by atoms with Crippen LogP contribution in [-0.4, -0.2) is 23.7 Å². The van der Waals surface area contributed by atoms with Crippen molar-refractivity contribution in [3.05, 3.63) is 30.0 Å². The van der Waals surface area contributed by atoms with Crippen LogP contribution in [-0.2, 0) is 11.2 Å². The maximum atomic E-state index is 12.3. The molecule has 1 aliphatic carbocycles. The summed E-state index contributed by atoms with van der Waals surface area (Å²) in [6, 6.07) is 7.81. The number of rotatable bonds is 4. The minimum absolute atomic E-state index is 0. The summed E-state index contributed by atoms with van der Waals surface area (Å²) in [4.78, 5) is 12.3. The molecule has 120 valence electrons. The third-order valence-corrected chi connectivity index (χ3v) is 4.34. The first-order valence-electron chi connectivity index (χ1n) is 7.60. The Kier molecular flexibility index (Phi) is 5.80. The number of carbonyl (C=O) groups excluding carboxylic acids is 1. The summed E-state index contributed by atoms with van der Waals surface area (Å²) in [5, 5.41) is 8.04. The van der Waals surface area contributed by atoms with Crippen LogP contribution in [0.15, 0.2) is 28.8 Å². The Morgan fingerprint density at radius 3 is 2.91 bits per heavy atom.